The van der Waals surface area contributed by atoms with Crippen molar-refractivity contribution in [1.82, 2.24) is 4.98 Å². The number of thioether (sulfide) groups is 1. The van der Waals surface area contributed by atoms with Gasteiger partial charge in [0.15, 0.2) is 0 Å². The third-order valence-corrected chi connectivity index (χ3v) is 4.55. The normalized spacial score (nSPS) is 17.1. The van der Waals surface area contributed by atoms with Gasteiger partial charge in [-0.05, 0) is 18.2 Å². The first-order valence-electron chi connectivity index (χ1n) is 5.73. The van der Waals surface area contributed by atoms with Crippen LogP contribution in [0.5, 0.6) is 0 Å². The molecule has 1 unspecified atom stereocenters. The van der Waals surface area contributed by atoms with Gasteiger partial charge in [0.1, 0.15) is 11.2 Å². The number of benzene rings is 1. The Kier molecular flexibility index (Phi) is 3.27. The number of aromatic nitrogens is 1. The van der Waals surface area contributed by atoms with Crippen LogP contribution in [0.15, 0.2) is 41.6 Å². The fourth-order valence-corrected chi connectivity index (χ4v) is 3.79. The van der Waals surface area contributed by atoms with E-state index in [1.54, 1.807) is 24.5 Å². The van der Waals surface area contributed by atoms with Gasteiger partial charge in [0.2, 0.25) is 0 Å². The number of pyridine rings is 1. The summed E-state index contributed by atoms with van der Waals surface area (Å²) in [6, 6.07) is 5.42. The van der Waals surface area contributed by atoms with Crippen LogP contribution < -0.4 is 10.6 Å². The van der Waals surface area contributed by atoms with Gasteiger partial charge in [-0.2, -0.15) is 0 Å². The van der Waals surface area contributed by atoms with Crippen molar-refractivity contribution < 1.29 is 9.18 Å². The molecular weight excluding hydrogens is 301 g/mol. The molecule has 1 aromatic carbocycles. The van der Waals surface area contributed by atoms with Gasteiger partial charge in [-0.25, -0.2) is 9.18 Å². The summed E-state index contributed by atoms with van der Waals surface area (Å²) in [5.74, 6) is -0.470. The molecule has 0 aliphatic carbocycles. The topological polar surface area (TPSA) is 59.2 Å². The lowest BCUT2D eigenvalue weighted by atomic mass is 10.2. The first-order chi connectivity index (χ1) is 9.59. The second-order valence-corrected chi connectivity index (χ2v) is 5.69. The largest absolute Gasteiger partial charge is 0.351 e. The second kappa shape index (κ2) is 4.96. The Balaban J connectivity index is 2.14. The van der Waals surface area contributed by atoms with Crippen molar-refractivity contribution in [3.63, 3.8) is 0 Å². The number of fused-ring (bicyclic) bond motifs is 1. The van der Waals surface area contributed by atoms with Gasteiger partial charge in [-0.1, -0.05) is 29.4 Å². The van der Waals surface area contributed by atoms with Crippen LogP contribution in [0.4, 0.5) is 14.9 Å². The van der Waals surface area contributed by atoms with E-state index in [0.717, 1.165) is 4.90 Å². The lowest BCUT2D eigenvalue weighted by Crippen LogP contribution is -2.35. The second-order valence-electron chi connectivity index (χ2n) is 4.16. The summed E-state index contributed by atoms with van der Waals surface area (Å²) in [5, 5.41) is -0.366. The summed E-state index contributed by atoms with van der Waals surface area (Å²) in [6.45, 7) is 0. The van der Waals surface area contributed by atoms with Gasteiger partial charge in [0, 0.05) is 23.0 Å². The van der Waals surface area contributed by atoms with Crippen LogP contribution in [0.3, 0.4) is 0 Å². The van der Waals surface area contributed by atoms with Crippen LogP contribution in [0, 0.1) is 5.82 Å². The van der Waals surface area contributed by atoms with Crippen molar-refractivity contribution in [2.75, 3.05) is 4.90 Å². The fourth-order valence-electron chi connectivity index (χ4n) is 2.13. The molecule has 2 amide bonds. The minimum absolute atomic E-state index is 0.245. The molecule has 1 atom stereocenters. The van der Waals surface area contributed by atoms with Crippen molar-refractivity contribution >= 4 is 35.1 Å². The van der Waals surface area contributed by atoms with E-state index in [9.17, 15) is 9.18 Å². The van der Waals surface area contributed by atoms with Gasteiger partial charge in [-0.15, -0.1) is 0 Å². The van der Waals surface area contributed by atoms with Crippen molar-refractivity contribution in [2.24, 2.45) is 5.73 Å². The van der Waals surface area contributed by atoms with E-state index >= 15 is 0 Å². The number of hydrogen-bond acceptors (Lipinski definition) is 3. The van der Waals surface area contributed by atoms with Crippen LogP contribution in [0.25, 0.3) is 0 Å². The summed E-state index contributed by atoms with van der Waals surface area (Å²) in [5.41, 5.74) is 6.29. The standard InChI is InChI=1S/C13H9ClFN3OS/c14-7-2-1-3-8(15)11(7)12-18(13(16)19)9-4-5-17-6-10(9)20-12/h1-6,12H,(H2,16,19). The Hall–Kier alpha value is -1.79. The van der Waals surface area contributed by atoms with Gasteiger partial charge in [0.25, 0.3) is 0 Å². The zero-order chi connectivity index (χ0) is 14.3. The maximum absolute atomic E-state index is 14.1. The highest BCUT2D eigenvalue weighted by atomic mass is 35.5. The van der Waals surface area contributed by atoms with Gasteiger partial charge in [-0.3, -0.25) is 9.88 Å². The van der Waals surface area contributed by atoms with E-state index < -0.39 is 17.2 Å². The SMILES string of the molecule is NC(=O)N1c2ccncc2SC1c1c(F)cccc1Cl. The molecule has 2 aromatic rings. The summed E-state index contributed by atoms with van der Waals surface area (Å²) >= 11 is 7.37. The summed E-state index contributed by atoms with van der Waals surface area (Å²) < 4.78 is 14.1. The van der Waals surface area contributed by atoms with Gasteiger partial charge < -0.3 is 5.73 Å². The molecule has 0 saturated carbocycles. The Morgan fingerprint density at radius 1 is 1.45 bits per heavy atom. The molecule has 7 heteroatoms. The lowest BCUT2D eigenvalue weighted by Gasteiger charge is -2.23. The molecule has 3 rings (SSSR count). The highest BCUT2D eigenvalue weighted by molar-refractivity contribution is 8.00. The summed E-state index contributed by atoms with van der Waals surface area (Å²) in [4.78, 5) is 17.8. The molecule has 0 saturated heterocycles. The van der Waals surface area contributed by atoms with E-state index in [2.05, 4.69) is 4.98 Å². The molecule has 1 aliphatic rings. The number of hydrogen-bond donors (Lipinski definition) is 1. The van der Waals surface area contributed by atoms with Crippen LogP contribution in [0.2, 0.25) is 5.02 Å². The molecule has 0 bridgehead atoms. The smallest absolute Gasteiger partial charge is 0.320 e. The number of primary amides is 1. The number of anilines is 1. The van der Waals surface area contributed by atoms with E-state index in [-0.39, 0.29) is 10.6 Å². The third kappa shape index (κ3) is 2.01. The molecule has 2 N–H and O–H groups in total. The molecule has 20 heavy (non-hydrogen) atoms. The predicted octanol–water partition coefficient (Wildman–Crippen LogP) is 3.56. The maximum Gasteiger partial charge on any atom is 0.320 e. The lowest BCUT2D eigenvalue weighted by molar-refractivity contribution is 0.253. The zero-order valence-electron chi connectivity index (χ0n) is 10.1. The molecule has 0 fully saturated rings. The average Bonchev–Trinajstić information content (AvgIpc) is 2.77. The Morgan fingerprint density at radius 2 is 2.25 bits per heavy atom. The first-order valence-corrected chi connectivity index (χ1v) is 6.98. The Labute approximate surface area is 123 Å². The summed E-state index contributed by atoms with van der Waals surface area (Å²) in [6.07, 6.45) is 3.17. The maximum atomic E-state index is 14.1. The van der Waals surface area contributed by atoms with Gasteiger partial charge >= 0.3 is 6.03 Å². The zero-order valence-corrected chi connectivity index (χ0v) is 11.7. The van der Waals surface area contributed by atoms with Crippen molar-refractivity contribution in [3.05, 3.63) is 53.1 Å². The molecule has 1 aromatic heterocycles. The first kappa shape index (κ1) is 13.2. The number of rotatable bonds is 1. The molecule has 102 valence electrons. The summed E-state index contributed by atoms with van der Waals surface area (Å²) in [7, 11) is 0. The molecule has 0 spiro atoms. The number of nitrogens with two attached hydrogens (primary N) is 1. The number of nitrogens with zero attached hydrogens (tertiary/aromatic N) is 2. The quantitative estimate of drug-likeness (QED) is 0.876. The van der Waals surface area contributed by atoms with E-state index in [1.807, 2.05) is 0 Å². The van der Waals surface area contributed by atoms with Crippen LogP contribution in [0.1, 0.15) is 10.9 Å². The number of amides is 2. The number of urea groups is 1. The predicted molar refractivity (Wildman–Crippen MR) is 76.3 cm³/mol. The fraction of sp³-hybridized carbons (Fsp3) is 0.0769. The van der Waals surface area contributed by atoms with Crippen molar-refractivity contribution in [2.45, 2.75) is 10.3 Å². The monoisotopic (exact) mass is 309 g/mol. The minimum atomic E-state index is -0.660. The Morgan fingerprint density at radius 3 is 2.95 bits per heavy atom. The number of carbonyl (C=O) groups excluding carboxylic acids is 1. The molecule has 2 heterocycles. The highest BCUT2D eigenvalue weighted by Crippen LogP contribution is 2.52. The van der Waals surface area contributed by atoms with Crippen LogP contribution in [-0.4, -0.2) is 11.0 Å². The van der Waals surface area contributed by atoms with E-state index in [0.29, 0.717) is 5.69 Å². The van der Waals surface area contributed by atoms with E-state index in [1.165, 1.54) is 28.8 Å². The Bertz CT molecular complexity index is 677. The molecule has 4 nitrogen and oxygen atoms in total. The number of halogens is 2. The molecular formula is C13H9ClFN3OS. The van der Waals surface area contributed by atoms with Crippen LogP contribution >= 0.6 is 23.4 Å². The van der Waals surface area contributed by atoms with Gasteiger partial charge in [0.05, 0.1) is 10.6 Å². The van der Waals surface area contributed by atoms with Crippen molar-refractivity contribution in [3.8, 4) is 0 Å². The highest BCUT2D eigenvalue weighted by Gasteiger charge is 2.37. The van der Waals surface area contributed by atoms with E-state index in [4.69, 9.17) is 17.3 Å². The molecule has 0 radical (unpaired) electrons. The minimum Gasteiger partial charge on any atom is -0.351 e. The third-order valence-electron chi connectivity index (χ3n) is 2.98. The average molecular weight is 310 g/mol. The number of carbonyl (C=O) groups is 1. The van der Waals surface area contributed by atoms with Crippen LogP contribution in [-0.2, 0) is 0 Å². The van der Waals surface area contributed by atoms with Crippen molar-refractivity contribution in [1.29, 1.82) is 0 Å². The molecule has 1 aliphatic heterocycles.